The Balaban J connectivity index is 0.000000653. The Labute approximate surface area is 288 Å². The van der Waals surface area contributed by atoms with Crippen molar-refractivity contribution in [2.24, 2.45) is 0 Å². The summed E-state index contributed by atoms with van der Waals surface area (Å²) >= 11 is 0. The second kappa shape index (κ2) is 24.1. The fourth-order valence-electron chi connectivity index (χ4n) is 4.84. The van der Waals surface area contributed by atoms with Crippen molar-refractivity contribution < 1.29 is 15.3 Å². The van der Waals surface area contributed by atoms with Gasteiger partial charge in [-0.25, -0.2) is 0 Å². The van der Waals surface area contributed by atoms with Gasteiger partial charge in [0.25, 0.3) is 0 Å². The van der Waals surface area contributed by atoms with Crippen LogP contribution in [0.2, 0.25) is 0 Å². The molecule has 3 radical (unpaired) electrons. The van der Waals surface area contributed by atoms with Crippen LogP contribution in [-0.4, -0.2) is 48.8 Å². The number of nitrogens with zero attached hydrogens (tertiary/aromatic N) is 3. The fraction of sp³-hybridized carbons (Fsp3) is 0.583. The van der Waals surface area contributed by atoms with E-state index in [0.29, 0.717) is 17.1 Å². The van der Waals surface area contributed by atoms with E-state index in [9.17, 15) is 29.7 Å². The Morgan fingerprint density at radius 2 is 0.696 bits per heavy atom. The van der Waals surface area contributed by atoms with Gasteiger partial charge in [-0.3, -0.25) is 14.4 Å². The van der Waals surface area contributed by atoms with Crippen LogP contribution >= 0.6 is 0 Å². The summed E-state index contributed by atoms with van der Waals surface area (Å²) in [6.07, 6.45) is 19.5. The van der Waals surface area contributed by atoms with E-state index in [0.717, 1.165) is 38.9 Å². The molecule has 9 nitrogen and oxygen atoms in total. The van der Waals surface area contributed by atoms with Crippen molar-refractivity contribution in [2.75, 3.05) is 0 Å². The summed E-state index contributed by atoms with van der Waals surface area (Å²) in [4.78, 5) is 33.3. The van der Waals surface area contributed by atoms with Crippen molar-refractivity contribution in [1.29, 1.82) is 0 Å². The van der Waals surface area contributed by atoms with Gasteiger partial charge in [-0.05, 0) is 40.0 Å². The molecule has 0 saturated heterocycles. The largest absolute Gasteiger partial charge is 0.503 e. The Bertz CT molecular complexity index is 1290. The Kier molecular flexibility index (Phi) is 22.5. The number of rotatable bonds is 15. The summed E-state index contributed by atoms with van der Waals surface area (Å²) in [6.45, 7) is 14.5. The number of aryl methyl sites for hydroxylation is 3. The van der Waals surface area contributed by atoms with Crippen molar-refractivity contribution >= 4 is 19.8 Å². The monoisotopic (exact) mass is 696 g/mol. The summed E-state index contributed by atoms with van der Waals surface area (Å²) in [5, 5.41) is 28.4. The third-order valence-electron chi connectivity index (χ3n) is 8.00. The molecule has 3 rings (SSSR count). The van der Waals surface area contributed by atoms with Gasteiger partial charge in [0.2, 0.25) is 16.3 Å². The van der Waals surface area contributed by atoms with Crippen LogP contribution in [0, 0.1) is 20.8 Å². The summed E-state index contributed by atoms with van der Waals surface area (Å²) in [5.41, 5.74) is 1.11. The maximum Gasteiger partial charge on any atom is 0.223 e. The normalized spacial score (nSPS) is 10.3. The standard InChI is InChI=1S/3C12H19NO2.Ga/c3*1-3-4-5-6-8-13-9-7-11(14)12(15)10(13)2;/h3*7,9,15H,3-6,8H2,1-2H3;. The number of aromatic nitrogens is 3. The van der Waals surface area contributed by atoms with E-state index in [1.807, 2.05) is 13.7 Å². The SMILES string of the molecule is CCCCCCn1ccc(=O)c(O)c1C.CCCCCCn1ccc(=O)c(O)c1C.CCCCCCn1ccc(=O)c(O)c1C.[Ga]. The molecule has 0 fully saturated rings. The third kappa shape index (κ3) is 15.0. The molecule has 0 aliphatic heterocycles. The molecule has 3 N–H and O–H groups in total. The van der Waals surface area contributed by atoms with Gasteiger partial charge in [0.15, 0.2) is 17.2 Å². The van der Waals surface area contributed by atoms with Gasteiger partial charge in [-0.2, -0.15) is 0 Å². The molecular weight excluding hydrogens is 640 g/mol. The van der Waals surface area contributed by atoms with E-state index in [1.165, 1.54) is 76.0 Å². The first kappa shape index (κ1) is 42.9. The second-order valence-electron chi connectivity index (χ2n) is 11.6. The molecule has 46 heavy (non-hydrogen) atoms. The maximum atomic E-state index is 11.1. The van der Waals surface area contributed by atoms with Crippen LogP contribution in [0.25, 0.3) is 0 Å². The molecule has 0 aliphatic carbocycles. The Morgan fingerprint density at radius 1 is 0.457 bits per heavy atom. The molecule has 3 aromatic heterocycles. The second-order valence-corrected chi connectivity index (χ2v) is 11.6. The number of unbranched alkanes of at least 4 members (excludes halogenated alkanes) is 9. The van der Waals surface area contributed by atoms with Crippen LogP contribution in [0.15, 0.2) is 51.2 Å². The number of hydrogen-bond acceptors (Lipinski definition) is 6. The Morgan fingerprint density at radius 3 is 0.913 bits per heavy atom. The van der Waals surface area contributed by atoms with Crippen molar-refractivity contribution in [3.05, 3.63) is 84.5 Å². The first-order valence-corrected chi connectivity index (χ1v) is 16.7. The molecule has 0 aromatic carbocycles. The van der Waals surface area contributed by atoms with Crippen LogP contribution in [-0.2, 0) is 19.6 Å². The fourth-order valence-corrected chi connectivity index (χ4v) is 4.84. The average molecular weight is 698 g/mol. The maximum absolute atomic E-state index is 11.1. The minimum Gasteiger partial charge on any atom is -0.503 e. The van der Waals surface area contributed by atoms with Crippen molar-refractivity contribution in [1.82, 2.24) is 13.7 Å². The third-order valence-corrected chi connectivity index (χ3v) is 8.00. The van der Waals surface area contributed by atoms with E-state index < -0.39 is 0 Å². The summed E-state index contributed by atoms with van der Waals surface area (Å²) in [7, 11) is 0. The van der Waals surface area contributed by atoms with Crippen LogP contribution < -0.4 is 16.3 Å². The van der Waals surface area contributed by atoms with Gasteiger partial charge in [-0.15, -0.1) is 0 Å². The molecule has 0 unspecified atom stereocenters. The van der Waals surface area contributed by atoms with E-state index in [2.05, 4.69) is 20.8 Å². The zero-order chi connectivity index (χ0) is 33.8. The van der Waals surface area contributed by atoms with Crippen LogP contribution in [0.4, 0.5) is 0 Å². The zero-order valence-electron chi connectivity index (χ0n) is 29.1. The Hall–Kier alpha value is -3.11. The zero-order valence-corrected chi connectivity index (χ0v) is 31.5. The van der Waals surface area contributed by atoms with E-state index in [4.69, 9.17) is 0 Å². The molecule has 0 aliphatic rings. The first-order chi connectivity index (χ1) is 21.5. The van der Waals surface area contributed by atoms with Crippen LogP contribution in [0.1, 0.15) is 115 Å². The molecule has 10 heteroatoms. The van der Waals surface area contributed by atoms with Gasteiger partial charge >= 0.3 is 0 Å². The minimum absolute atomic E-state index is 0. The number of aromatic hydroxyl groups is 3. The van der Waals surface area contributed by atoms with Gasteiger partial charge in [0, 0.05) is 76.2 Å². The van der Waals surface area contributed by atoms with E-state index in [1.54, 1.807) is 39.4 Å². The van der Waals surface area contributed by atoms with Gasteiger partial charge in [0.05, 0.1) is 17.1 Å². The summed E-state index contributed by atoms with van der Waals surface area (Å²) in [6, 6.07) is 4.26. The molecular formula is C36H57GaN3O6. The molecule has 3 heterocycles. The first-order valence-electron chi connectivity index (χ1n) is 16.7. The predicted octanol–water partition coefficient (Wildman–Crippen LogP) is 6.95. The predicted molar refractivity (Wildman–Crippen MR) is 189 cm³/mol. The van der Waals surface area contributed by atoms with E-state index >= 15 is 0 Å². The van der Waals surface area contributed by atoms with Gasteiger partial charge in [-0.1, -0.05) is 78.6 Å². The molecule has 255 valence electrons. The minimum atomic E-state index is -0.294. The average Bonchev–Trinajstić information content (AvgIpc) is 3.03. The smallest absolute Gasteiger partial charge is 0.223 e. The number of hydrogen-bond donors (Lipinski definition) is 3. The van der Waals surface area contributed by atoms with Gasteiger partial charge < -0.3 is 29.0 Å². The summed E-state index contributed by atoms with van der Waals surface area (Å²) < 4.78 is 5.81. The molecule has 0 amide bonds. The molecule has 3 aromatic rings. The van der Waals surface area contributed by atoms with Crippen molar-refractivity contribution in [3.63, 3.8) is 0 Å². The van der Waals surface area contributed by atoms with Crippen LogP contribution in [0.3, 0.4) is 0 Å². The molecule has 0 spiro atoms. The van der Waals surface area contributed by atoms with Crippen molar-refractivity contribution in [2.45, 2.75) is 138 Å². The molecule has 0 saturated carbocycles. The van der Waals surface area contributed by atoms with Crippen LogP contribution in [0.5, 0.6) is 17.2 Å². The molecule has 0 bridgehead atoms. The quantitative estimate of drug-likeness (QED) is 0.117. The molecule has 0 atom stereocenters. The number of pyridine rings is 3. The summed E-state index contributed by atoms with van der Waals surface area (Å²) in [5.74, 6) is -0.353. The van der Waals surface area contributed by atoms with E-state index in [-0.39, 0.29) is 53.3 Å². The topological polar surface area (TPSA) is 127 Å². The van der Waals surface area contributed by atoms with Gasteiger partial charge in [0.1, 0.15) is 0 Å². The van der Waals surface area contributed by atoms with Crippen molar-refractivity contribution in [3.8, 4) is 17.2 Å².